The third-order valence-corrected chi connectivity index (χ3v) is 5.02. The van der Waals surface area contributed by atoms with Crippen LogP contribution in [-0.2, 0) is 11.2 Å². The summed E-state index contributed by atoms with van der Waals surface area (Å²) < 4.78 is 11.8. The lowest BCUT2D eigenvalue weighted by molar-refractivity contribution is 0.155. The van der Waals surface area contributed by atoms with Crippen LogP contribution in [0.25, 0.3) is 0 Å². The maximum atomic E-state index is 11.8. The van der Waals surface area contributed by atoms with Crippen LogP contribution in [0.2, 0.25) is 0 Å². The molecule has 0 saturated carbocycles. The van der Waals surface area contributed by atoms with Gasteiger partial charge in [-0.25, -0.2) is 0 Å². The van der Waals surface area contributed by atoms with Crippen LogP contribution in [0.4, 0.5) is 0 Å². The zero-order chi connectivity index (χ0) is 15.2. The summed E-state index contributed by atoms with van der Waals surface area (Å²) in [5, 5.41) is 19.5. The van der Waals surface area contributed by atoms with E-state index in [2.05, 4.69) is 13.8 Å². The summed E-state index contributed by atoms with van der Waals surface area (Å²) in [5.41, 5.74) is 0. The molecule has 4 heteroatoms. The van der Waals surface area contributed by atoms with Gasteiger partial charge >= 0.3 is 0 Å². The van der Waals surface area contributed by atoms with Gasteiger partial charge in [0.25, 0.3) is 0 Å². The molecule has 0 spiro atoms. The van der Waals surface area contributed by atoms with E-state index in [1.165, 1.54) is 0 Å². The summed E-state index contributed by atoms with van der Waals surface area (Å²) in [7, 11) is 0. The second-order valence-corrected chi connectivity index (χ2v) is 7.42. The Morgan fingerprint density at radius 3 is 1.50 bits per heavy atom. The Morgan fingerprint density at radius 1 is 0.750 bits per heavy atom. The molecule has 0 aliphatic carbocycles. The van der Waals surface area contributed by atoms with Crippen LogP contribution in [0.1, 0.15) is 78.1 Å². The first-order chi connectivity index (χ1) is 9.60. The van der Waals surface area contributed by atoms with Crippen LogP contribution in [0.3, 0.4) is 0 Å². The van der Waals surface area contributed by atoms with Gasteiger partial charge in [-0.2, -0.15) is 0 Å². The van der Waals surface area contributed by atoms with Crippen LogP contribution in [0.5, 0.6) is 0 Å². The molecule has 0 aromatic rings. The van der Waals surface area contributed by atoms with Gasteiger partial charge < -0.3 is 14.8 Å². The van der Waals surface area contributed by atoms with Crippen LogP contribution >= 0.6 is 0 Å². The van der Waals surface area contributed by atoms with Gasteiger partial charge in [-0.05, 0) is 12.8 Å². The number of aliphatic hydroxyl groups excluding tert-OH is 2. The molecular weight excluding hydrogens is 272 g/mol. The molecule has 122 valence electrons. The molecule has 0 heterocycles. The highest BCUT2D eigenvalue weighted by Gasteiger charge is 2.13. The maximum absolute atomic E-state index is 11.8. The minimum atomic E-state index is -0.896. The third kappa shape index (κ3) is 13.2. The fourth-order valence-corrected chi connectivity index (χ4v) is 3.46. The Bertz CT molecular complexity index is 182. The number of rotatable bonds is 14. The fourth-order valence-electron chi connectivity index (χ4n) is 2.19. The van der Waals surface area contributed by atoms with Crippen molar-refractivity contribution in [2.75, 3.05) is 11.5 Å². The Hall–Kier alpha value is 0.230. The average Bonchev–Trinajstić information content (AvgIpc) is 2.43. The monoisotopic (exact) mass is 306 g/mol. The van der Waals surface area contributed by atoms with Gasteiger partial charge in [0.2, 0.25) is 0 Å². The highest BCUT2D eigenvalue weighted by Crippen LogP contribution is 2.11. The lowest BCUT2D eigenvalue weighted by Crippen LogP contribution is -2.20. The number of aliphatic hydroxyl groups is 2. The van der Waals surface area contributed by atoms with Crippen molar-refractivity contribution in [1.29, 1.82) is 0 Å². The van der Waals surface area contributed by atoms with Gasteiger partial charge in [-0.1, -0.05) is 63.5 Å². The minimum Gasteiger partial charge on any atom is -0.616 e. The Morgan fingerprint density at radius 2 is 1.15 bits per heavy atom. The molecule has 2 atom stereocenters. The molecule has 0 saturated heterocycles. The standard InChI is InChI=1S/C16H34O3S/c1-3-5-7-9-15(17)11-13-20(19)14-12-16(18)10-8-6-4-2/h15-18H,3-14H2,1-2H3. The fraction of sp³-hybridized carbons (Fsp3) is 1.00. The minimum absolute atomic E-state index is 0.306. The van der Waals surface area contributed by atoms with E-state index in [0.29, 0.717) is 24.3 Å². The molecule has 0 aromatic carbocycles. The third-order valence-electron chi connectivity index (χ3n) is 3.64. The normalized spacial score (nSPS) is 16.1. The van der Waals surface area contributed by atoms with Gasteiger partial charge in [-0.3, -0.25) is 0 Å². The molecule has 20 heavy (non-hydrogen) atoms. The van der Waals surface area contributed by atoms with Crippen LogP contribution in [0, 0.1) is 0 Å². The molecule has 0 fully saturated rings. The molecule has 0 amide bonds. The lowest BCUT2D eigenvalue weighted by atomic mass is 10.1. The second-order valence-electron chi connectivity index (χ2n) is 5.72. The zero-order valence-corrected chi connectivity index (χ0v) is 14.2. The van der Waals surface area contributed by atoms with Crippen molar-refractivity contribution in [2.24, 2.45) is 0 Å². The van der Waals surface area contributed by atoms with Crippen LogP contribution in [-0.4, -0.2) is 38.5 Å². The summed E-state index contributed by atoms with van der Waals surface area (Å²) >= 11 is -0.896. The van der Waals surface area contributed by atoms with Gasteiger partial charge in [0.05, 0.1) is 12.2 Å². The maximum Gasteiger partial charge on any atom is 0.108 e. The zero-order valence-electron chi connectivity index (χ0n) is 13.4. The van der Waals surface area contributed by atoms with Crippen LogP contribution < -0.4 is 0 Å². The summed E-state index contributed by atoms with van der Waals surface area (Å²) in [6.07, 6.45) is 9.04. The summed E-state index contributed by atoms with van der Waals surface area (Å²) in [6, 6.07) is 0. The van der Waals surface area contributed by atoms with Gasteiger partial charge in [0, 0.05) is 12.8 Å². The van der Waals surface area contributed by atoms with E-state index in [4.69, 9.17) is 0 Å². The van der Waals surface area contributed by atoms with Crippen molar-refractivity contribution in [3.8, 4) is 0 Å². The van der Waals surface area contributed by atoms with Gasteiger partial charge in [0.15, 0.2) is 0 Å². The molecule has 0 aliphatic rings. The molecule has 3 nitrogen and oxygen atoms in total. The number of hydrogen-bond donors (Lipinski definition) is 2. The molecule has 0 radical (unpaired) electrons. The predicted octanol–water partition coefficient (Wildman–Crippen LogP) is 3.40. The molecule has 0 aromatic heterocycles. The van der Waals surface area contributed by atoms with Crippen molar-refractivity contribution in [3.05, 3.63) is 0 Å². The Kier molecular flexibility index (Phi) is 14.3. The van der Waals surface area contributed by atoms with E-state index < -0.39 is 11.2 Å². The van der Waals surface area contributed by atoms with E-state index in [1.54, 1.807) is 0 Å². The number of hydrogen-bond acceptors (Lipinski definition) is 3. The summed E-state index contributed by atoms with van der Waals surface area (Å²) in [4.78, 5) is 0. The molecular formula is C16H34O3S. The highest BCUT2D eigenvalue weighted by molar-refractivity contribution is 7.91. The first-order valence-electron chi connectivity index (χ1n) is 8.31. The first-order valence-corrected chi connectivity index (χ1v) is 9.80. The topological polar surface area (TPSA) is 63.5 Å². The largest absolute Gasteiger partial charge is 0.616 e. The van der Waals surface area contributed by atoms with Gasteiger partial charge in [0.1, 0.15) is 11.5 Å². The molecule has 0 bridgehead atoms. The van der Waals surface area contributed by atoms with E-state index >= 15 is 0 Å². The summed E-state index contributed by atoms with van der Waals surface area (Å²) in [5.74, 6) is 1.13. The Labute approximate surface area is 128 Å². The predicted molar refractivity (Wildman–Crippen MR) is 87.4 cm³/mol. The lowest BCUT2D eigenvalue weighted by Gasteiger charge is -2.16. The van der Waals surface area contributed by atoms with E-state index in [-0.39, 0.29) is 12.2 Å². The van der Waals surface area contributed by atoms with Crippen LogP contribution in [0.15, 0.2) is 0 Å². The average molecular weight is 307 g/mol. The second kappa shape index (κ2) is 14.2. The Balaban J connectivity index is 3.49. The molecule has 0 rings (SSSR count). The molecule has 2 unspecified atom stereocenters. The smallest absolute Gasteiger partial charge is 0.108 e. The number of unbranched alkanes of at least 4 members (excludes halogenated alkanes) is 4. The SMILES string of the molecule is CCCCCC(O)CC[S+]([O-])CCC(O)CCCCC. The van der Waals surface area contributed by atoms with Crippen molar-refractivity contribution in [1.82, 2.24) is 0 Å². The van der Waals surface area contributed by atoms with E-state index in [0.717, 1.165) is 51.4 Å². The first kappa shape index (κ1) is 20.2. The van der Waals surface area contributed by atoms with E-state index in [1.807, 2.05) is 0 Å². The summed E-state index contributed by atoms with van der Waals surface area (Å²) in [6.45, 7) is 4.29. The van der Waals surface area contributed by atoms with Gasteiger partial charge in [-0.15, -0.1) is 0 Å². The highest BCUT2D eigenvalue weighted by atomic mass is 32.2. The van der Waals surface area contributed by atoms with Crippen molar-refractivity contribution < 1.29 is 14.8 Å². The quantitative estimate of drug-likeness (QED) is 0.382. The molecule has 2 N–H and O–H groups in total. The van der Waals surface area contributed by atoms with E-state index in [9.17, 15) is 14.8 Å². The van der Waals surface area contributed by atoms with Crippen molar-refractivity contribution >= 4 is 11.2 Å². The van der Waals surface area contributed by atoms with Crippen molar-refractivity contribution in [3.63, 3.8) is 0 Å². The van der Waals surface area contributed by atoms with Crippen molar-refractivity contribution in [2.45, 2.75) is 90.3 Å². The molecule has 0 aliphatic heterocycles.